The molecule has 2 atom stereocenters. The highest BCUT2D eigenvalue weighted by molar-refractivity contribution is 9.10. The molecule has 1 aliphatic rings. The Morgan fingerprint density at radius 1 is 1.30 bits per heavy atom. The zero-order valence-corrected chi connectivity index (χ0v) is 12.4. The van der Waals surface area contributed by atoms with Crippen molar-refractivity contribution in [2.24, 2.45) is 5.73 Å². The van der Waals surface area contributed by atoms with Gasteiger partial charge in [0.1, 0.15) is 11.6 Å². The molecule has 0 aliphatic carbocycles. The quantitative estimate of drug-likeness (QED) is 0.929. The molecule has 0 amide bonds. The first kappa shape index (κ1) is 13.6. The second-order valence-electron chi connectivity index (χ2n) is 5.06. The van der Waals surface area contributed by atoms with Crippen molar-refractivity contribution in [1.29, 1.82) is 0 Å². The summed E-state index contributed by atoms with van der Waals surface area (Å²) in [4.78, 5) is 0. The first-order valence-corrected chi connectivity index (χ1v) is 7.35. The van der Waals surface area contributed by atoms with E-state index in [0.717, 1.165) is 15.8 Å². The van der Waals surface area contributed by atoms with E-state index in [-0.39, 0.29) is 17.8 Å². The number of fused-ring (bicyclic) bond motifs is 1. The predicted octanol–water partition coefficient (Wildman–Crippen LogP) is 3.63. The van der Waals surface area contributed by atoms with Crippen LogP contribution < -0.4 is 10.5 Å². The zero-order valence-electron chi connectivity index (χ0n) is 10.9. The molecular formula is C16H15BrFNO. The second-order valence-corrected chi connectivity index (χ2v) is 5.91. The number of ether oxygens (including phenoxy) is 1. The maximum Gasteiger partial charge on any atom is 0.124 e. The van der Waals surface area contributed by atoms with Gasteiger partial charge >= 0.3 is 0 Å². The Bertz CT molecular complexity index is 632. The van der Waals surface area contributed by atoms with Gasteiger partial charge in [-0.25, -0.2) is 4.39 Å². The Morgan fingerprint density at radius 2 is 2.10 bits per heavy atom. The molecule has 0 aromatic heterocycles. The van der Waals surface area contributed by atoms with Gasteiger partial charge in [-0.05, 0) is 30.2 Å². The van der Waals surface area contributed by atoms with Crippen LogP contribution in [0, 0.1) is 5.82 Å². The molecule has 20 heavy (non-hydrogen) atoms. The molecule has 0 spiro atoms. The van der Waals surface area contributed by atoms with Crippen LogP contribution in [0.25, 0.3) is 0 Å². The van der Waals surface area contributed by atoms with Crippen LogP contribution in [-0.2, 0) is 6.42 Å². The molecule has 2 unspecified atom stereocenters. The summed E-state index contributed by atoms with van der Waals surface area (Å²) in [5.41, 5.74) is 8.52. The van der Waals surface area contributed by atoms with E-state index >= 15 is 0 Å². The van der Waals surface area contributed by atoms with Gasteiger partial charge in [-0.3, -0.25) is 0 Å². The molecular weight excluding hydrogens is 321 g/mol. The standard InChI is InChI=1S/C16H15BrFNO/c17-14-8-11(18)6-5-10(14)7-15(19)13-9-20-16-4-2-1-3-12(13)16/h1-6,8,13,15H,7,9,19H2. The molecule has 1 heterocycles. The van der Waals surface area contributed by atoms with E-state index in [2.05, 4.69) is 22.0 Å². The van der Waals surface area contributed by atoms with Crippen molar-refractivity contribution in [3.63, 3.8) is 0 Å². The largest absolute Gasteiger partial charge is 0.493 e. The van der Waals surface area contributed by atoms with Crippen LogP contribution >= 0.6 is 15.9 Å². The molecule has 4 heteroatoms. The number of halogens is 2. The van der Waals surface area contributed by atoms with Gasteiger partial charge in [-0.2, -0.15) is 0 Å². The van der Waals surface area contributed by atoms with Gasteiger partial charge in [0.25, 0.3) is 0 Å². The summed E-state index contributed by atoms with van der Waals surface area (Å²) < 4.78 is 19.5. The summed E-state index contributed by atoms with van der Waals surface area (Å²) >= 11 is 3.39. The lowest BCUT2D eigenvalue weighted by molar-refractivity contribution is 0.313. The number of rotatable bonds is 3. The molecule has 2 aromatic carbocycles. The summed E-state index contributed by atoms with van der Waals surface area (Å²) in [6.45, 7) is 0.610. The smallest absolute Gasteiger partial charge is 0.124 e. The van der Waals surface area contributed by atoms with Crippen LogP contribution in [0.5, 0.6) is 5.75 Å². The molecule has 3 rings (SSSR count). The van der Waals surface area contributed by atoms with E-state index in [1.165, 1.54) is 17.7 Å². The van der Waals surface area contributed by atoms with E-state index in [4.69, 9.17) is 10.5 Å². The van der Waals surface area contributed by atoms with Gasteiger partial charge in [0, 0.05) is 22.0 Å². The van der Waals surface area contributed by atoms with Crippen molar-refractivity contribution in [3.05, 3.63) is 63.9 Å². The van der Waals surface area contributed by atoms with Crippen LogP contribution in [-0.4, -0.2) is 12.6 Å². The Morgan fingerprint density at radius 3 is 2.90 bits per heavy atom. The zero-order chi connectivity index (χ0) is 14.1. The molecule has 0 bridgehead atoms. The fraction of sp³-hybridized carbons (Fsp3) is 0.250. The van der Waals surface area contributed by atoms with E-state index in [1.807, 2.05) is 18.2 Å². The number of nitrogens with two attached hydrogens (primary N) is 1. The van der Waals surface area contributed by atoms with Gasteiger partial charge in [0.05, 0.1) is 6.61 Å². The SMILES string of the molecule is NC(Cc1ccc(F)cc1Br)C1COc2ccccc21. The molecule has 1 aliphatic heterocycles. The maximum atomic E-state index is 13.1. The highest BCUT2D eigenvalue weighted by Crippen LogP contribution is 2.36. The number of benzene rings is 2. The lowest BCUT2D eigenvalue weighted by atomic mass is 9.90. The highest BCUT2D eigenvalue weighted by atomic mass is 79.9. The van der Waals surface area contributed by atoms with Crippen molar-refractivity contribution in [2.45, 2.75) is 18.4 Å². The molecule has 2 N–H and O–H groups in total. The first-order chi connectivity index (χ1) is 9.65. The number of hydrogen-bond donors (Lipinski definition) is 1. The van der Waals surface area contributed by atoms with Gasteiger partial charge < -0.3 is 10.5 Å². The maximum absolute atomic E-state index is 13.1. The Kier molecular flexibility index (Phi) is 3.76. The van der Waals surface area contributed by atoms with E-state index in [1.54, 1.807) is 6.07 Å². The average molecular weight is 336 g/mol. The van der Waals surface area contributed by atoms with Crippen molar-refractivity contribution in [3.8, 4) is 5.75 Å². The lowest BCUT2D eigenvalue weighted by Crippen LogP contribution is -2.31. The minimum absolute atomic E-state index is 0.0552. The van der Waals surface area contributed by atoms with Crippen LogP contribution in [0.4, 0.5) is 4.39 Å². The number of hydrogen-bond acceptors (Lipinski definition) is 2. The van der Waals surface area contributed by atoms with Crippen molar-refractivity contribution < 1.29 is 9.13 Å². The normalized spacial score (nSPS) is 18.4. The Labute approximate surface area is 125 Å². The molecule has 104 valence electrons. The van der Waals surface area contributed by atoms with E-state index in [0.29, 0.717) is 13.0 Å². The fourth-order valence-electron chi connectivity index (χ4n) is 2.63. The van der Waals surface area contributed by atoms with E-state index in [9.17, 15) is 4.39 Å². The van der Waals surface area contributed by atoms with Crippen LogP contribution in [0.2, 0.25) is 0 Å². The molecule has 0 radical (unpaired) electrons. The fourth-order valence-corrected chi connectivity index (χ4v) is 3.14. The Balaban J connectivity index is 1.79. The van der Waals surface area contributed by atoms with Crippen molar-refractivity contribution in [1.82, 2.24) is 0 Å². The van der Waals surface area contributed by atoms with Crippen molar-refractivity contribution >= 4 is 15.9 Å². The van der Waals surface area contributed by atoms with Crippen LogP contribution in [0.15, 0.2) is 46.9 Å². The lowest BCUT2D eigenvalue weighted by Gasteiger charge is -2.19. The molecule has 0 saturated carbocycles. The summed E-state index contributed by atoms with van der Waals surface area (Å²) in [5.74, 6) is 0.859. The van der Waals surface area contributed by atoms with Gasteiger partial charge in [-0.1, -0.05) is 40.2 Å². The molecule has 2 aromatic rings. The van der Waals surface area contributed by atoms with Gasteiger partial charge in [0.15, 0.2) is 0 Å². The van der Waals surface area contributed by atoms with Crippen LogP contribution in [0.3, 0.4) is 0 Å². The summed E-state index contributed by atoms with van der Waals surface area (Å²) in [6, 6.07) is 12.7. The average Bonchev–Trinajstić information content (AvgIpc) is 2.86. The first-order valence-electron chi connectivity index (χ1n) is 6.56. The minimum Gasteiger partial charge on any atom is -0.493 e. The predicted molar refractivity (Wildman–Crippen MR) is 80.5 cm³/mol. The third-order valence-electron chi connectivity index (χ3n) is 3.72. The minimum atomic E-state index is -0.247. The van der Waals surface area contributed by atoms with Gasteiger partial charge in [-0.15, -0.1) is 0 Å². The van der Waals surface area contributed by atoms with Crippen molar-refractivity contribution in [2.75, 3.05) is 6.61 Å². The summed E-state index contributed by atoms with van der Waals surface area (Å²) in [5, 5.41) is 0. The number of para-hydroxylation sites is 1. The second kappa shape index (κ2) is 5.54. The topological polar surface area (TPSA) is 35.2 Å². The summed E-state index contributed by atoms with van der Waals surface area (Å²) in [6.07, 6.45) is 0.684. The molecule has 0 fully saturated rings. The molecule has 0 saturated heterocycles. The third-order valence-corrected chi connectivity index (χ3v) is 4.46. The molecule has 2 nitrogen and oxygen atoms in total. The Hall–Kier alpha value is -1.39. The van der Waals surface area contributed by atoms with Crippen LogP contribution in [0.1, 0.15) is 17.0 Å². The highest BCUT2D eigenvalue weighted by Gasteiger charge is 2.29. The summed E-state index contributed by atoms with van der Waals surface area (Å²) in [7, 11) is 0. The van der Waals surface area contributed by atoms with E-state index < -0.39 is 0 Å². The monoisotopic (exact) mass is 335 g/mol. The van der Waals surface area contributed by atoms with Gasteiger partial charge in [0.2, 0.25) is 0 Å². The third kappa shape index (κ3) is 2.58.